The van der Waals surface area contributed by atoms with Crippen molar-refractivity contribution in [2.75, 3.05) is 5.32 Å². The Labute approximate surface area is 119 Å². The Balaban J connectivity index is 2.07. The number of nitrogens with zero attached hydrogens (tertiary/aromatic N) is 1. The summed E-state index contributed by atoms with van der Waals surface area (Å²) in [7, 11) is 0. The number of benzene rings is 2. The second kappa shape index (κ2) is 5.90. The molecule has 0 bridgehead atoms. The van der Waals surface area contributed by atoms with Crippen molar-refractivity contribution in [3.8, 4) is 6.07 Å². The number of nitrogens with one attached hydrogen (secondary N) is 1. The van der Waals surface area contributed by atoms with Gasteiger partial charge in [-0.3, -0.25) is 0 Å². The van der Waals surface area contributed by atoms with Crippen LogP contribution in [-0.2, 0) is 6.54 Å². The highest BCUT2D eigenvalue weighted by molar-refractivity contribution is 9.10. The molecule has 0 atom stereocenters. The van der Waals surface area contributed by atoms with Crippen LogP contribution in [0.4, 0.5) is 5.69 Å². The average Bonchev–Trinajstić information content (AvgIpc) is 2.40. The van der Waals surface area contributed by atoms with Gasteiger partial charge in [-0.15, -0.1) is 0 Å². The van der Waals surface area contributed by atoms with Crippen molar-refractivity contribution in [1.29, 1.82) is 5.26 Å². The number of hydrogen-bond donors (Lipinski definition) is 1. The van der Waals surface area contributed by atoms with E-state index in [0.29, 0.717) is 17.1 Å². The minimum atomic E-state index is 0.666. The van der Waals surface area contributed by atoms with Gasteiger partial charge in [0.25, 0.3) is 0 Å². The summed E-state index contributed by atoms with van der Waals surface area (Å²) in [5.74, 6) is 0. The van der Waals surface area contributed by atoms with Crippen LogP contribution in [0.1, 0.15) is 11.1 Å². The summed E-state index contributed by atoms with van der Waals surface area (Å²) in [6.07, 6.45) is 0. The highest BCUT2D eigenvalue weighted by atomic mass is 79.9. The van der Waals surface area contributed by atoms with E-state index < -0.39 is 0 Å². The predicted molar refractivity (Wildman–Crippen MR) is 77.6 cm³/mol. The van der Waals surface area contributed by atoms with Gasteiger partial charge in [0.2, 0.25) is 0 Å². The molecule has 0 saturated heterocycles. The molecule has 0 saturated carbocycles. The normalized spacial score (nSPS) is 9.83. The number of hydrogen-bond acceptors (Lipinski definition) is 2. The lowest BCUT2D eigenvalue weighted by molar-refractivity contribution is 1.15. The van der Waals surface area contributed by atoms with Crippen molar-refractivity contribution >= 4 is 33.2 Å². The average molecular weight is 322 g/mol. The summed E-state index contributed by atoms with van der Waals surface area (Å²) < 4.78 is 0.981. The standard InChI is InChI=1S/C14H10BrClN2/c15-12-5-6-13(16)14(7-12)18-9-11-3-1-10(8-17)2-4-11/h1-7,18H,9H2. The van der Waals surface area contributed by atoms with Crippen LogP contribution < -0.4 is 5.32 Å². The lowest BCUT2D eigenvalue weighted by atomic mass is 10.1. The second-order valence-electron chi connectivity index (χ2n) is 3.79. The van der Waals surface area contributed by atoms with E-state index in [4.69, 9.17) is 16.9 Å². The van der Waals surface area contributed by atoms with Crippen LogP contribution in [0.2, 0.25) is 5.02 Å². The predicted octanol–water partition coefficient (Wildman–Crippen LogP) is 4.59. The molecule has 2 aromatic rings. The van der Waals surface area contributed by atoms with E-state index >= 15 is 0 Å². The highest BCUT2D eigenvalue weighted by Gasteiger charge is 2.01. The van der Waals surface area contributed by atoms with Gasteiger partial charge < -0.3 is 5.32 Å². The third-order valence-corrected chi connectivity index (χ3v) is 3.32. The molecule has 0 aromatic heterocycles. The van der Waals surface area contributed by atoms with E-state index in [1.165, 1.54) is 0 Å². The topological polar surface area (TPSA) is 35.8 Å². The molecule has 0 amide bonds. The van der Waals surface area contributed by atoms with Crippen LogP contribution in [0, 0.1) is 11.3 Å². The first kappa shape index (κ1) is 12.9. The summed E-state index contributed by atoms with van der Waals surface area (Å²) in [6, 6.07) is 15.2. The lowest BCUT2D eigenvalue weighted by Crippen LogP contribution is -1.99. The summed E-state index contributed by atoms with van der Waals surface area (Å²) in [5, 5.41) is 12.7. The summed E-state index contributed by atoms with van der Waals surface area (Å²) in [5.41, 5.74) is 2.65. The summed E-state index contributed by atoms with van der Waals surface area (Å²) in [4.78, 5) is 0. The molecule has 0 radical (unpaired) electrons. The number of nitriles is 1. The first-order valence-electron chi connectivity index (χ1n) is 5.37. The Hall–Kier alpha value is -1.50. The molecule has 0 spiro atoms. The van der Waals surface area contributed by atoms with Gasteiger partial charge in [0, 0.05) is 11.0 Å². The molecule has 4 heteroatoms. The molecule has 2 aromatic carbocycles. The lowest BCUT2D eigenvalue weighted by Gasteiger charge is -2.09. The van der Waals surface area contributed by atoms with Gasteiger partial charge in [0.05, 0.1) is 22.3 Å². The van der Waals surface area contributed by atoms with Crippen LogP contribution >= 0.6 is 27.5 Å². The maximum absolute atomic E-state index is 8.72. The van der Waals surface area contributed by atoms with Crippen LogP contribution in [0.15, 0.2) is 46.9 Å². The van der Waals surface area contributed by atoms with Crippen molar-refractivity contribution in [3.63, 3.8) is 0 Å². The molecule has 0 fully saturated rings. The van der Waals surface area contributed by atoms with Crippen LogP contribution in [0.25, 0.3) is 0 Å². The van der Waals surface area contributed by atoms with Crippen LogP contribution in [-0.4, -0.2) is 0 Å². The molecular formula is C14H10BrClN2. The molecule has 0 unspecified atom stereocenters. The van der Waals surface area contributed by atoms with E-state index in [-0.39, 0.29) is 0 Å². The largest absolute Gasteiger partial charge is 0.380 e. The SMILES string of the molecule is N#Cc1ccc(CNc2cc(Br)ccc2Cl)cc1. The third kappa shape index (κ3) is 3.25. The third-order valence-electron chi connectivity index (χ3n) is 2.49. The van der Waals surface area contributed by atoms with Crippen molar-refractivity contribution in [2.24, 2.45) is 0 Å². The Bertz CT molecular complexity index is 588. The monoisotopic (exact) mass is 320 g/mol. The quantitative estimate of drug-likeness (QED) is 0.897. The molecule has 0 aliphatic carbocycles. The Kier molecular flexibility index (Phi) is 4.24. The zero-order valence-electron chi connectivity index (χ0n) is 9.45. The van der Waals surface area contributed by atoms with Crippen LogP contribution in [0.3, 0.4) is 0 Å². The maximum Gasteiger partial charge on any atom is 0.0991 e. The van der Waals surface area contributed by atoms with Gasteiger partial charge in [-0.05, 0) is 35.9 Å². The Morgan fingerprint density at radius 2 is 1.89 bits per heavy atom. The molecule has 18 heavy (non-hydrogen) atoms. The van der Waals surface area contributed by atoms with Crippen molar-refractivity contribution < 1.29 is 0 Å². The Morgan fingerprint density at radius 3 is 2.56 bits per heavy atom. The van der Waals surface area contributed by atoms with E-state index in [1.807, 2.05) is 30.3 Å². The smallest absolute Gasteiger partial charge is 0.0991 e. The minimum Gasteiger partial charge on any atom is -0.380 e. The number of halogens is 2. The summed E-state index contributed by atoms with van der Waals surface area (Å²) >= 11 is 9.49. The molecular weight excluding hydrogens is 312 g/mol. The maximum atomic E-state index is 8.72. The van der Waals surface area contributed by atoms with E-state index in [0.717, 1.165) is 15.7 Å². The molecule has 0 aliphatic heterocycles. The van der Waals surface area contributed by atoms with Gasteiger partial charge >= 0.3 is 0 Å². The van der Waals surface area contributed by atoms with Crippen molar-refractivity contribution in [3.05, 3.63) is 63.1 Å². The van der Waals surface area contributed by atoms with E-state index in [2.05, 4.69) is 27.3 Å². The van der Waals surface area contributed by atoms with Crippen LogP contribution in [0.5, 0.6) is 0 Å². The molecule has 0 heterocycles. The second-order valence-corrected chi connectivity index (χ2v) is 5.11. The zero-order chi connectivity index (χ0) is 13.0. The Morgan fingerprint density at radius 1 is 1.17 bits per heavy atom. The van der Waals surface area contributed by atoms with Gasteiger partial charge in [-0.1, -0.05) is 39.7 Å². The summed E-state index contributed by atoms with van der Waals surface area (Å²) in [6.45, 7) is 0.669. The van der Waals surface area contributed by atoms with Crippen molar-refractivity contribution in [2.45, 2.75) is 6.54 Å². The minimum absolute atomic E-state index is 0.666. The van der Waals surface area contributed by atoms with Gasteiger partial charge in [0.1, 0.15) is 0 Å². The fourth-order valence-electron chi connectivity index (χ4n) is 1.53. The van der Waals surface area contributed by atoms with E-state index in [1.54, 1.807) is 12.1 Å². The highest BCUT2D eigenvalue weighted by Crippen LogP contribution is 2.26. The van der Waals surface area contributed by atoms with Crippen molar-refractivity contribution in [1.82, 2.24) is 0 Å². The molecule has 90 valence electrons. The first-order chi connectivity index (χ1) is 8.69. The number of rotatable bonds is 3. The fourth-order valence-corrected chi connectivity index (χ4v) is 2.07. The fraction of sp³-hybridized carbons (Fsp3) is 0.0714. The molecule has 0 aliphatic rings. The first-order valence-corrected chi connectivity index (χ1v) is 6.54. The van der Waals surface area contributed by atoms with E-state index in [9.17, 15) is 0 Å². The number of anilines is 1. The van der Waals surface area contributed by atoms with Gasteiger partial charge in [0.15, 0.2) is 0 Å². The van der Waals surface area contributed by atoms with Gasteiger partial charge in [-0.25, -0.2) is 0 Å². The van der Waals surface area contributed by atoms with Gasteiger partial charge in [-0.2, -0.15) is 5.26 Å². The molecule has 2 nitrogen and oxygen atoms in total. The zero-order valence-corrected chi connectivity index (χ0v) is 11.8. The molecule has 2 rings (SSSR count). The molecule has 1 N–H and O–H groups in total.